The first-order chi connectivity index (χ1) is 13.9. The fourth-order valence-corrected chi connectivity index (χ4v) is 3.94. The van der Waals surface area contributed by atoms with Crippen LogP contribution in [0.25, 0.3) is 11.0 Å². The van der Waals surface area contributed by atoms with Gasteiger partial charge in [-0.25, -0.2) is 0 Å². The summed E-state index contributed by atoms with van der Waals surface area (Å²) < 4.78 is 11.7. The molecule has 0 saturated carbocycles. The Hall–Kier alpha value is -2.86. The molecule has 0 spiro atoms. The molecule has 152 valence electrons. The molecule has 1 fully saturated rings. The van der Waals surface area contributed by atoms with Crippen LogP contribution in [-0.2, 0) is 0 Å². The van der Waals surface area contributed by atoms with E-state index in [2.05, 4.69) is 10.2 Å². The summed E-state index contributed by atoms with van der Waals surface area (Å²) in [6, 6.07) is 8.77. The van der Waals surface area contributed by atoms with E-state index < -0.39 is 5.91 Å². The number of benzene rings is 1. The Morgan fingerprint density at radius 3 is 2.55 bits per heavy atom. The number of carbonyl (C=O) groups is 1. The molecule has 6 heteroatoms. The molecule has 0 aliphatic carbocycles. The van der Waals surface area contributed by atoms with E-state index in [9.17, 15) is 9.59 Å². The van der Waals surface area contributed by atoms with Crippen LogP contribution in [0.4, 0.5) is 0 Å². The van der Waals surface area contributed by atoms with Crippen molar-refractivity contribution in [3.05, 3.63) is 69.0 Å². The quantitative estimate of drug-likeness (QED) is 0.711. The zero-order valence-electron chi connectivity index (χ0n) is 17.1. The lowest BCUT2D eigenvalue weighted by molar-refractivity contribution is 0.0906. The minimum absolute atomic E-state index is 0.0343. The van der Waals surface area contributed by atoms with E-state index >= 15 is 0 Å². The summed E-state index contributed by atoms with van der Waals surface area (Å²) in [5.74, 6) is 1.34. The zero-order valence-corrected chi connectivity index (χ0v) is 17.1. The molecular formula is C23H26N2O4. The van der Waals surface area contributed by atoms with E-state index in [0.717, 1.165) is 48.6 Å². The van der Waals surface area contributed by atoms with Crippen molar-refractivity contribution in [2.24, 2.45) is 0 Å². The maximum Gasteiger partial charge on any atom is 0.287 e. The Kier molecular flexibility index (Phi) is 5.28. The van der Waals surface area contributed by atoms with Gasteiger partial charge in [-0.2, -0.15) is 0 Å². The second kappa shape index (κ2) is 7.87. The first-order valence-electron chi connectivity index (χ1n) is 10.1. The van der Waals surface area contributed by atoms with Crippen LogP contribution in [0, 0.1) is 20.8 Å². The molecule has 1 aromatic carbocycles. The van der Waals surface area contributed by atoms with Crippen molar-refractivity contribution >= 4 is 16.9 Å². The highest BCUT2D eigenvalue weighted by Gasteiger charge is 2.27. The van der Waals surface area contributed by atoms with Gasteiger partial charge in [0.15, 0.2) is 11.2 Å². The molecule has 1 aliphatic heterocycles. The number of aryl methyl sites for hydroxylation is 3. The van der Waals surface area contributed by atoms with Crippen molar-refractivity contribution in [2.75, 3.05) is 19.6 Å². The lowest BCUT2D eigenvalue weighted by Gasteiger charge is -2.26. The molecule has 3 heterocycles. The summed E-state index contributed by atoms with van der Waals surface area (Å²) in [5, 5.41) is 3.43. The molecule has 1 amide bonds. The topological polar surface area (TPSA) is 75.7 Å². The van der Waals surface area contributed by atoms with Crippen LogP contribution in [0.15, 0.2) is 44.0 Å². The van der Waals surface area contributed by atoms with Gasteiger partial charge in [-0.05, 0) is 76.0 Å². The predicted molar refractivity (Wildman–Crippen MR) is 111 cm³/mol. The predicted octanol–water partition coefficient (Wildman–Crippen LogP) is 3.88. The normalized spacial score (nSPS) is 15.7. The number of nitrogens with one attached hydrogen (secondary N) is 1. The van der Waals surface area contributed by atoms with Gasteiger partial charge in [-0.15, -0.1) is 0 Å². The van der Waals surface area contributed by atoms with Crippen molar-refractivity contribution in [1.29, 1.82) is 0 Å². The number of nitrogens with zero attached hydrogens (tertiary/aromatic N) is 1. The third-order valence-electron chi connectivity index (χ3n) is 5.77. The summed E-state index contributed by atoms with van der Waals surface area (Å²) in [6.45, 7) is 8.10. The molecule has 2 aromatic heterocycles. The van der Waals surface area contributed by atoms with Crippen molar-refractivity contribution < 1.29 is 13.6 Å². The van der Waals surface area contributed by atoms with Crippen molar-refractivity contribution in [3.63, 3.8) is 0 Å². The van der Waals surface area contributed by atoms with Crippen LogP contribution >= 0.6 is 0 Å². The number of amides is 1. The minimum atomic E-state index is -0.391. The third-order valence-corrected chi connectivity index (χ3v) is 5.77. The number of carbonyl (C=O) groups excluding carboxylic acids is 1. The van der Waals surface area contributed by atoms with E-state index in [1.54, 1.807) is 6.07 Å². The minimum Gasteiger partial charge on any atom is -0.465 e. The van der Waals surface area contributed by atoms with E-state index in [4.69, 9.17) is 8.83 Å². The Labute approximate surface area is 169 Å². The average molecular weight is 394 g/mol. The Morgan fingerprint density at radius 2 is 1.86 bits per heavy atom. The Balaban J connectivity index is 1.58. The SMILES string of the molecule is Cc1ccc([C@H](CNC(=O)c2cc(=O)c3ccc(C)c(C)c3o2)N2CCCC2)o1. The Bertz CT molecular complexity index is 1110. The molecule has 1 aliphatic rings. The van der Waals surface area contributed by atoms with Crippen molar-refractivity contribution in [2.45, 2.75) is 39.7 Å². The van der Waals surface area contributed by atoms with Gasteiger partial charge in [0.25, 0.3) is 5.91 Å². The summed E-state index contributed by atoms with van der Waals surface area (Å²) in [6.07, 6.45) is 2.28. The smallest absolute Gasteiger partial charge is 0.287 e. The maximum absolute atomic E-state index is 12.8. The van der Waals surface area contributed by atoms with Gasteiger partial charge in [0.1, 0.15) is 17.1 Å². The van der Waals surface area contributed by atoms with Gasteiger partial charge in [0.2, 0.25) is 0 Å². The highest BCUT2D eigenvalue weighted by atomic mass is 16.3. The van der Waals surface area contributed by atoms with E-state index in [-0.39, 0.29) is 17.2 Å². The van der Waals surface area contributed by atoms with Gasteiger partial charge in [0, 0.05) is 12.6 Å². The summed E-state index contributed by atoms with van der Waals surface area (Å²) in [4.78, 5) is 27.6. The molecule has 4 rings (SSSR count). The molecule has 0 bridgehead atoms. The van der Waals surface area contributed by atoms with Gasteiger partial charge >= 0.3 is 0 Å². The lowest BCUT2D eigenvalue weighted by atomic mass is 10.1. The number of furan rings is 1. The maximum atomic E-state index is 12.8. The van der Waals surface area contributed by atoms with Crippen LogP contribution in [0.2, 0.25) is 0 Å². The lowest BCUT2D eigenvalue weighted by Crippen LogP contribution is -2.36. The van der Waals surface area contributed by atoms with E-state index in [0.29, 0.717) is 17.5 Å². The largest absolute Gasteiger partial charge is 0.465 e. The number of fused-ring (bicyclic) bond motifs is 1. The van der Waals surface area contributed by atoms with Crippen LogP contribution in [-0.4, -0.2) is 30.4 Å². The van der Waals surface area contributed by atoms with Crippen LogP contribution in [0.1, 0.15) is 52.1 Å². The summed E-state index contributed by atoms with van der Waals surface area (Å²) in [5.41, 5.74) is 2.15. The van der Waals surface area contributed by atoms with Crippen LogP contribution in [0.3, 0.4) is 0 Å². The van der Waals surface area contributed by atoms with Crippen LogP contribution < -0.4 is 10.7 Å². The number of hydrogen-bond acceptors (Lipinski definition) is 5. The highest BCUT2D eigenvalue weighted by Crippen LogP contribution is 2.26. The third kappa shape index (κ3) is 3.85. The second-order valence-electron chi connectivity index (χ2n) is 7.78. The molecule has 1 saturated heterocycles. The Morgan fingerprint density at radius 1 is 1.10 bits per heavy atom. The summed E-state index contributed by atoms with van der Waals surface area (Å²) in [7, 11) is 0. The molecule has 0 radical (unpaired) electrons. The molecule has 1 N–H and O–H groups in total. The van der Waals surface area contributed by atoms with Crippen LogP contribution in [0.5, 0.6) is 0 Å². The standard InChI is InChI=1S/C23H26N2O4/c1-14-6-8-17-19(26)12-21(29-22(17)16(14)3)23(27)24-13-18(25-10-4-5-11-25)20-9-7-15(2)28-20/h6-9,12,18H,4-5,10-11,13H2,1-3H3,(H,24,27)/t18-/m0/s1. The fourth-order valence-electron chi connectivity index (χ4n) is 3.94. The zero-order chi connectivity index (χ0) is 20.5. The second-order valence-corrected chi connectivity index (χ2v) is 7.78. The summed E-state index contributed by atoms with van der Waals surface area (Å²) >= 11 is 0. The number of hydrogen-bond donors (Lipinski definition) is 1. The van der Waals surface area contributed by atoms with Gasteiger partial charge in [0.05, 0.1) is 11.4 Å². The molecule has 1 atom stereocenters. The van der Waals surface area contributed by atoms with Gasteiger partial charge in [-0.1, -0.05) is 6.07 Å². The number of likely N-dealkylation sites (tertiary alicyclic amines) is 1. The van der Waals surface area contributed by atoms with E-state index in [1.807, 2.05) is 39.0 Å². The monoisotopic (exact) mass is 394 g/mol. The highest BCUT2D eigenvalue weighted by molar-refractivity contribution is 5.93. The molecule has 0 unspecified atom stereocenters. The van der Waals surface area contributed by atoms with Gasteiger partial charge < -0.3 is 14.2 Å². The first-order valence-corrected chi connectivity index (χ1v) is 10.1. The molecule has 3 aromatic rings. The van der Waals surface area contributed by atoms with Crippen molar-refractivity contribution in [1.82, 2.24) is 10.2 Å². The molecule has 6 nitrogen and oxygen atoms in total. The first kappa shape index (κ1) is 19.5. The molecule has 29 heavy (non-hydrogen) atoms. The van der Waals surface area contributed by atoms with Crippen molar-refractivity contribution in [3.8, 4) is 0 Å². The molecular weight excluding hydrogens is 368 g/mol. The van der Waals surface area contributed by atoms with Gasteiger partial charge in [-0.3, -0.25) is 14.5 Å². The van der Waals surface area contributed by atoms with E-state index in [1.165, 1.54) is 6.07 Å². The number of rotatable bonds is 5. The fraction of sp³-hybridized carbons (Fsp3) is 0.391. The average Bonchev–Trinajstić information content (AvgIpc) is 3.37.